The lowest BCUT2D eigenvalue weighted by atomic mass is 9.72. The van der Waals surface area contributed by atoms with Crippen molar-refractivity contribution in [2.24, 2.45) is 5.41 Å². The number of aromatic nitrogens is 3. The predicted octanol–water partition coefficient (Wildman–Crippen LogP) is 4.50. The number of rotatable bonds is 5. The quantitative estimate of drug-likeness (QED) is 0.360. The van der Waals surface area contributed by atoms with Gasteiger partial charge in [-0.15, -0.1) is 0 Å². The second-order valence-electron chi connectivity index (χ2n) is 11.9. The zero-order valence-electron chi connectivity index (χ0n) is 24.2. The molecule has 0 atom stereocenters. The Bertz CT molecular complexity index is 1720. The summed E-state index contributed by atoms with van der Waals surface area (Å²) in [4.78, 5) is 26.0. The summed E-state index contributed by atoms with van der Waals surface area (Å²) in [7, 11) is 1.95. The fraction of sp³-hybridized carbons (Fsp3) is 0.419. The molecule has 10 nitrogen and oxygen atoms in total. The van der Waals surface area contributed by atoms with Crippen LogP contribution in [-0.2, 0) is 6.42 Å². The van der Waals surface area contributed by atoms with Gasteiger partial charge >= 0.3 is 6.03 Å². The number of β-amino-alcohol motifs (C(OH)–C–C–N with tert-alkyl or cyclic N) is 1. The molecule has 2 amide bonds. The molecule has 6 heterocycles. The van der Waals surface area contributed by atoms with E-state index in [0.717, 1.165) is 68.0 Å². The molecule has 3 aromatic heterocycles. The third-order valence-corrected chi connectivity index (χ3v) is 10.1. The van der Waals surface area contributed by atoms with Crippen LogP contribution >= 0.6 is 11.3 Å². The maximum Gasteiger partial charge on any atom is 0.320 e. The number of anilines is 3. The Morgan fingerprint density at radius 3 is 2.56 bits per heavy atom. The maximum absolute atomic E-state index is 13.5. The highest BCUT2D eigenvalue weighted by atomic mass is 32.1. The number of nitrogens with zero attached hydrogens (tertiary/aromatic N) is 8. The molecule has 1 N–H and O–H groups in total. The van der Waals surface area contributed by atoms with Crippen molar-refractivity contribution in [1.29, 1.82) is 5.26 Å². The standard InChI is InChI=1S/C31H33FN8O2S/c1-3-24-28(36(2)29-34-27(26(15-33)43-29)20-4-6-21(32)7-5-20)25-14-22(8-11-40(25)35-24)39-18-31(19-39)9-12-37(13-10-31)30(42)38-16-23(41)17-38/h4-8,11,14,23,41H,3,9-10,12-13,16-19H2,1-2H3. The van der Waals surface area contributed by atoms with Gasteiger partial charge in [0.1, 0.15) is 22.5 Å². The van der Waals surface area contributed by atoms with Gasteiger partial charge in [0.05, 0.1) is 36.1 Å². The van der Waals surface area contributed by atoms with Crippen molar-refractivity contribution in [1.82, 2.24) is 24.4 Å². The Morgan fingerprint density at radius 2 is 1.91 bits per heavy atom. The van der Waals surface area contributed by atoms with E-state index < -0.39 is 0 Å². The summed E-state index contributed by atoms with van der Waals surface area (Å²) in [5.74, 6) is -0.332. The monoisotopic (exact) mass is 600 g/mol. The lowest BCUT2D eigenvalue weighted by Crippen LogP contribution is -2.63. The van der Waals surface area contributed by atoms with Crippen LogP contribution in [0.5, 0.6) is 0 Å². The van der Waals surface area contributed by atoms with Crippen molar-refractivity contribution in [3.63, 3.8) is 0 Å². The number of urea groups is 1. The third-order valence-electron chi connectivity index (χ3n) is 9.10. The minimum Gasteiger partial charge on any atom is -0.389 e. The first-order chi connectivity index (χ1) is 20.8. The number of nitriles is 1. The second kappa shape index (κ2) is 10.5. The number of aliphatic hydroxyl groups is 1. The van der Waals surface area contributed by atoms with Crippen LogP contribution in [-0.4, -0.2) is 88.0 Å². The number of likely N-dealkylation sites (tertiary alicyclic amines) is 2. The molecule has 3 aliphatic heterocycles. The summed E-state index contributed by atoms with van der Waals surface area (Å²) in [5.41, 5.74) is 5.45. The maximum atomic E-state index is 13.5. The van der Waals surface area contributed by atoms with Crippen molar-refractivity contribution in [2.45, 2.75) is 32.3 Å². The van der Waals surface area contributed by atoms with E-state index in [-0.39, 0.29) is 23.4 Å². The smallest absolute Gasteiger partial charge is 0.320 e. The van der Waals surface area contributed by atoms with Crippen molar-refractivity contribution < 1.29 is 14.3 Å². The lowest BCUT2D eigenvalue weighted by Gasteiger charge is -2.55. The fourth-order valence-corrected chi connectivity index (χ4v) is 7.40. The van der Waals surface area contributed by atoms with Gasteiger partial charge in [-0.25, -0.2) is 18.7 Å². The number of thiazole rings is 1. The number of hydrogen-bond donors (Lipinski definition) is 1. The molecule has 7 rings (SSSR count). The number of carbonyl (C=O) groups excluding carboxylic acids is 1. The van der Waals surface area contributed by atoms with Gasteiger partial charge < -0.3 is 24.7 Å². The lowest BCUT2D eigenvalue weighted by molar-refractivity contribution is 0.00545. The number of benzene rings is 1. The SMILES string of the molecule is CCc1nn2ccc(N3CC4(CCN(C(=O)N5CC(O)C5)CC4)C3)cc2c1N(C)c1nc(-c2ccc(F)cc2)c(C#N)s1. The van der Waals surface area contributed by atoms with E-state index >= 15 is 0 Å². The van der Waals surface area contributed by atoms with Gasteiger partial charge in [-0.05, 0) is 55.7 Å². The molecule has 0 bridgehead atoms. The van der Waals surface area contributed by atoms with E-state index in [1.54, 1.807) is 17.0 Å². The van der Waals surface area contributed by atoms with Crippen LogP contribution in [0, 0.1) is 22.6 Å². The number of aliphatic hydroxyl groups excluding tert-OH is 1. The molecule has 0 unspecified atom stereocenters. The van der Waals surface area contributed by atoms with E-state index in [4.69, 9.17) is 10.1 Å². The molecule has 3 fully saturated rings. The van der Waals surface area contributed by atoms with Gasteiger partial charge in [0, 0.05) is 56.1 Å². The summed E-state index contributed by atoms with van der Waals surface area (Å²) < 4.78 is 15.4. The van der Waals surface area contributed by atoms with E-state index in [9.17, 15) is 19.6 Å². The van der Waals surface area contributed by atoms with Crippen molar-refractivity contribution in [3.05, 3.63) is 59.0 Å². The Hall–Kier alpha value is -4.21. The van der Waals surface area contributed by atoms with Gasteiger partial charge in [-0.1, -0.05) is 18.3 Å². The molecular weight excluding hydrogens is 567 g/mol. The Kier molecular flexibility index (Phi) is 6.74. The Labute approximate surface area is 253 Å². The number of aryl methyl sites for hydroxylation is 1. The topological polar surface area (TPSA) is 104 Å². The molecule has 4 aromatic rings. The number of hydrogen-bond acceptors (Lipinski definition) is 8. The number of halogens is 1. The summed E-state index contributed by atoms with van der Waals surface area (Å²) in [5, 5.41) is 24.9. The number of pyridine rings is 1. The van der Waals surface area contributed by atoms with Gasteiger partial charge in [0.2, 0.25) is 0 Å². The number of fused-ring (bicyclic) bond motifs is 1. The molecular formula is C31H33FN8O2S. The van der Waals surface area contributed by atoms with Crippen molar-refractivity contribution in [2.75, 3.05) is 56.1 Å². The molecule has 0 radical (unpaired) electrons. The average Bonchev–Trinajstić information content (AvgIpc) is 3.59. The van der Waals surface area contributed by atoms with Crippen LogP contribution in [0.1, 0.15) is 30.3 Å². The molecule has 1 aromatic carbocycles. The second-order valence-corrected chi connectivity index (χ2v) is 12.9. The highest BCUT2D eigenvalue weighted by Gasteiger charge is 2.46. The average molecular weight is 601 g/mol. The van der Waals surface area contributed by atoms with E-state index in [0.29, 0.717) is 34.4 Å². The van der Waals surface area contributed by atoms with E-state index in [2.05, 4.69) is 30.0 Å². The first kappa shape index (κ1) is 27.6. The highest BCUT2D eigenvalue weighted by molar-refractivity contribution is 7.16. The summed E-state index contributed by atoms with van der Waals surface area (Å²) in [6.45, 7) is 6.38. The van der Waals surface area contributed by atoms with Crippen LogP contribution < -0.4 is 9.80 Å². The van der Waals surface area contributed by atoms with E-state index in [1.807, 2.05) is 27.6 Å². The van der Waals surface area contributed by atoms with Gasteiger partial charge in [-0.3, -0.25) is 0 Å². The van der Waals surface area contributed by atoms with Crippen LogP contribution in [0.2, 0.25) is 0 Å². The number of piperidine rings is 1. The molecule has 0 aliphatic carbocycles. The van der Waals surface area contributed by atoms with Gasteiger partial charge in [0.15, 0.2) is 5.13 Å². The first-order valence-corrected chi connectivity index (χ1v) is 15.5. The first-order valence-electron chi connectivity index (χ1n) is 14.7. The predicted molar refractivity (Wildman–Crippen MR) is 163 cm³/mol. The Morgan fingerprint density at radius 1 is 1.19 bits per heavy atom. The van der Waals surface area contributed by atoms with Crippen LogP contribution in [0.4, 0.5) is 25.7 Å². The Balaban J connectivity index is 1.10. The minimum absolute atomic E-state index is 0.0535. The third kappa shape index (κ3) is 4.77. The molecule has 0 saturated carbocycles. The zero-order chi connectivity index (χ0) is 29.9. The summed E-state index contributed by atoms with van der Waals surface area (Å²) in [6.07, 6.45) is 4.32. The zero-order valence-corrected chi connectivity index (χ0v) is 25.0. The van der Waals surface area contributed by atoms with Crippen LogP contribution in [0.15, 0.2) is 42.6 Å². The highest BCUT2D eigenvalue weighted by Crippen LogP contribution is 2.44. The normalized spacial score (nSPS) is 18.1. The van der Waals surface area contributed by atoms with Gasteiger partial charge in [0.25, 0.3) is 0 Å². The molecule has 3 aliphatic rings. The summed E-state index contributed by atoms with van der Waals surface area (Å²) >= 11 is 1.31. The molecule has 12 heteroatoms. The van der Waals surface area contributed by atoms with Gasteiger partial charge in [-0.2, -0.15) is 10.4 Å². The van der Waals surface area contributed by atoms with E-state index in [1.165, 1.54) is 23.5 Å². The number of carbonyl (C=O) groups is 1. The fourth-order valence-electron chi connectivity index (χ4n) is 6.54. The van der Waals surface area contributed by atoms with Crippen LogP contribution in [0.25, 0.3) is 16.8 Å². The molecule has 3 saturated heterocycles. The van der Waals surface area contributed by atoms with Crippen molar-refractivity contribution >= 4 is 39.4 Å². The summed E-state index contributed by atoms with van der Waals surface area (Å²) in [6, 6.07) is 12.6. The minimum atomic E-state index is -0.377. The molecule has 43 heavy (non-hydrogen) atoms. The number of amides is 2. The van der Waals surface area contributed by atoms with Crippen LogP contribution in [0.3, 0.4) is 0 Å². The van der Waals surface area contributed by atoms with Crippen molar-refractivity contribution in [3.8, 4) is 17.3 Å². The molecule has 1 spiro atoms. The molecule has 222 valence electrons. The largest absolute Gasteiger partial charge is 0.389 e.